The van der Waals surface area contributed by atoms with Crippen molar-refractivity contribution in [3.63, 3.8) is 0 Å². The molecule has 0 unspecified atom stereocenters. The van der Waals surface area contributed by atoms with E-state index in [0.29, 0.717) is 17.4 Å². The Kier molecular flexibility index (Phi) is 6.75. The average Bonchev–Trinajstić information content (AvgIpc) is 2.92. The van der Waals surface area contributed by atoms with E-state index in [1.54, 1.807) is 11.7 Å². The van der Waals surface area contributed by atoms with Crippen LogP contribution in [0.15, 0.2) is 18.2 Å². The molecule has 2 aromatic rings. The van der Waals surface area contributed by atoms with Crippen molar-refractivity contribution in [1.29, 1.82) is 0 Å². The molecule has 1 fully saturated rings. The fourth-order valence-corrected chi connectivity index (χ4v) is 3.01. The maximum absolute atomic E-state index is 13.1. The minimum absolute atomic E-state index is 0. The summed E-state index contributed by atoms with van der Waals surface area (Å²) in [5.74, 6) is 0.787. The van der Waals surface area contributed by atoms with Gasteiger partial charge < -0.3 is 5.32 Å². The molecule has 0 radical (unpaired) electrons. The van der Waals surface area contributed by atoms with Crippen molar-refractivity contribution >= 4 is 35.9 Å². The van der Waals surface area contributed by atoms with Gasteiger partial charge in [-0.25, -0.2) is 9.07 Å². The monoisotopic (exact) mass is 387 g/mol. The highest BCUT2D eigenvalue weighted by Crippen LogP contribution is 2.23. The van der Waals surface area contributed by atoms with Crippen LogP contribution in [0, 0.1) is 5.82 Å². The number of carbonyl (C=O) groups is 1. The zero-order valence-corrected chi connectivity index (χ0v) is 15.3. The molecule has 1 aromatic carbocycles. The van der Waals surface area contributed by atoms with Crippen LogP contribution in [0.2, 0.25) is 5.02 Å². The van der Waals surface area contributed by atoms with E-state index in [1.807, 2.05) is 0 Å². The molecule has 6 nitrogen and oxygen atoms in total. The zero-order chi connectivity index (χ0) is 17.1. The van der Waals surface area contributed by atoms with Crippen molar-refractivity contribution < 1.29 is 9.18 Å². The van der Waals surface area contributed by atoms with E-state index in [9.17, 15) is 9.18 Å². The molecule has 0 atom stereocenters. The number of hydrogen-bond acceptors (Lipinski definition) is 4. The molecule has 1 aliphatic rings. The fraction of sp³-hybridized carbons (Fsp3) is 0.438. The van der Waals surface area contributed by atoms with E-state index in [4.69, 9.17) is 11.6 Å². The fourth-order valence-electron chi connectivity index (χ4n) is 2.77. The van der Waals surface area contributed by atoms with E-state index in [-0.39, 0.29) is 29.8 Å². The van der Waals surface area contributed by atoms with Crippen LogP contribution >= 0.6 is 24.0 Å². The number of aromatic nitrogens is 3. The van der Waals surface area contributed by atoms with Gasteiger partial charge in [0.25, 0.3) is 0 Å². The van der Waals surface area contributed by atoms with E-state index >= 15 is 0 Å². The number of anilines is 1. The van der Waals surface area contributed by atoms with Gasteiger partial charge in [-0.15, -0.1) is 12.4 Å². The van der Waals surface area contributed by atoms with Gasteiger partial charge in [-0.05, 0) is 43.6 Å². The van der Waals surface area contributed by atoms with Gasteiger partial charge >= 0.3 is 0 Å². The number of nitrogens with one attached hydrogen (secondary N) is 2. The van der Waals surface area contributed by atoms with Gasteiger partial charge in [0.2, 0.25) is 11.9 Å². The molecule has 136 valence electrons. The molecule has 2 heterocycles. The number of rotatable bonds is 4. The number of benzene rings is 1. The lowest BCUT2D eigenvalue weighted by molar-refractivity contribution is -0.115. The highest BCUT2D eigenvalue weighted by Gasteiger charge is 2.21. The molecule has 0 bridgehead atoms. The summed E-state index contributed by atoms with van der Waals surface area (Å²) < 4.78 is 14.6. The largest absolute Gasteiger partial charge is 0.317 e. The molecule has 0 spiro atoms. The van der Waals surface area contributed by atoms with Gasteiger partial charge in [0.15, 0.2) is 5.82 Å². The highest BCUT2D eigenvalue weighted by atomic mass is 35.5. The summed E-state index contributed by atoms with van der Waals surface area (Å²) in [5, 5.41) is 10.7. The average molecular weight is 388 g/mol. The van der Waals surface area contributed by atoms with Gasteiger partial charge in [-0.1, -0.05) is 17.7 Å². The lowest BCUT2D eigenvalue weighted by Gasteiger charge is -2.19. The van der Waals surface area contributed by atoms with Crippen LogP contribution in [-0.4, -0.2) is 33.8 Å². The molecule has 1 amide bonds. The molecular weight excluding hydrogens is 368 g/mol. The third-order valence-corrected chi connectivity index (χ3v) is 4.45. The Morgan fingerprint density at radius 2 is 2.16 bits per heavy atom. The van der Waals surface area contributed by atoms with Crippen molar-refractivity contribution in [2.75, 3.05) is 18.4 Å². The molecule has 0 saturated carbocycles. The van der Waals surface area contributed by atoms with Crippen LogP contribution < -0.4 is 10.6 Å². The number of carbonyl (C=O) groups excluding carboxylic acids is 1. The summed E-state index contributed by atoms with van der Waals surface area (Å²) in [4.78, 5) is 16.7. The number of piperidine rings is 1. The number of halogens is 3. The predicted molar refractivity (Wildman–Crippen MR) is 96.8 cm³/mol. The molecule has 2 N–H and O–H groups in total. The smallest absolute Gasteiger partial charge is 0.231 e. The summed E-state index contributed by atoms with van der Waals surface area (Å²) in [7, 11) is 1.75. The molecular formula is C16H20Cl2FN5O. The maximum atomic E-state index is 13.1. The van der Waals surface area contributed by atoms with E-state index < -0.39 is 5.82 Å². The molecule has 1 saturated heterocycles. The highest BCUT2D eigenvalue weighted by molar-refractivity contribution is 6.31. The Balaban J connectivity index is 0.00000225. The minimum Gasteiger partial charge on any atom is -0.317 e. The van der Waals surface area contributed by atoms with Crippen molar-refractivity contribution in [2.45, 2.75) is 25.2 Å². The topological polar surface area (TPSA) is 71.8 Å². The van der Waals surface area contributed by atoms with Crippen molar-refractivity contribution in [3.8, 4) is 0 Å². The zero-order valence-electron chi connectivity index (χ0n) is 13.8. The quantitative estimate of drug-likeness (QED) is 0.845. The summed E-state index contributed by atoms with van der Waals surface area (Å²) in [6.07, 6.45) is 2.03. The Labute approximate surface area is 156 Å². The van der Waals surface area contributed by atoms with Crippen LogP contribution in [0.4, 0.5) is 10.3 Å². The SMILES string of the molecule is Cl.Cn1nc(C2CCNCC2)nc1NC(=O)Cc1ccc(F)cc1Cl. The van der Waals surface area contributed by atoms with Crippen LogP contribution in [0.1, 0.15) is 30.1 Å². The van der Waals surface area contributed by atoms with Gasteiger partial charge in [0.05, 0.1) is 6.42 Å². The molecule has 0 aliphatic carbocycles. The predicted octanol–water partition coefficient (Wildman–Crippen LogP) is 2.68. The lowest BCUT2D eigenvalue weighted by Crippen LogP contribution is -2.27. The number of hydrogen-bond donors (Lipinski definition) is 2. The Morgan fingerprint density at radius 1 is 1.44 bits per heavy atom. The summed E-state index contributed by atoms with van der Waals surface area (Å²) in [6, 6.07) is 3.99. The standard InChI is InChI=1S/C16H19ClFN5O.ClH/c1-23-16(21-15(22-23)10-4-6-19-7-5-10)20-14(24)8-11-2-3-12(18)9-13(11)17;/h2-3,9-10,19H,4-8H2,1H3,(H,20,21,22,24);1H. The van der Waals surface area contributed by atoms with Crippen molar-refractivity contribution in [3.05, 3.63) is 40.4 Å². The number of amides is 1. The molecule has 3 rings (SSSR count). The second-order valence-electron chi connectivity index (χ2n) is 5.90. The first-order valence-corrected chi connectivity index (χ1v) is 8.26. The molecule has 9 heteroatoms. The van der Waals surface area contributed by atoms with E-state index in [2.05, 4.69) is 20.7 Å². The third kappa shape index (κ3) is 4.90. The molecule has 1 aliphatic heterocycles. The Bertz CT molecular complexity index is 746. The Hall–Kier alpha value is -1.70. The first kappa shape index (κ1) is 19.6. The van der Waals surface area contributed by atoms with E-state index in [1.165, 1.54) is 18.2 Å². The van der Waals surface area contributed by atoms with Gasteiger partial charge in [0, 0.05) is 18.0 Å². The van der Waals surface area contributed by atoms with Gasteiger partial charge in [-0.3, -0.25) is 10.1 Å². The Morgan fingerprint density at radius 3 is 2.84 bits per heavy atom. The lowest BCUT2D eigenvalue weighted by atomic mass is 9.98. The second-order valence-corrected chi connectivity index (χ2v) is 6.31. The second kappa shape index (κ2) is 8.60. The van der Waals surface area contributed by atoms with Crippen molar-refractivity contribution in [1.82, 2.24) is 20.1 Å². The van der Waals surface area contributed by atoms with Gasteiger partial charge in [0.1, 0.15) is 5.82 Å². The summed E-state index contributed by atoms with van der Waals surface area (Å²) in [6.45, 7) is 1.90. The van der Waals surface area contributed by atoms with Gasteiger partial charge in [-0.2, -0.15) is 10.1 Å². The van der Waals surface area contributed by atoms with Crippen LogP contribution in [0.5, 0.6) is 0 Å². The first-order chi connectivity index (χ1) is 11.5. The van der Waals surface area contributed by atoms with Crippen LogP contribution in [0.3, 0.4) is 0 Å². The maximum Gasteiger partial charge on any atom is 0.231 e. The molecule has 25 heavy (non-hydrogen) atoms. The number of nitrogens with zero attached hydrogens (tertiary/aromatic N) is 3. The minimum atomic E-state index is -0.427. The van der Waals surface area contributed by atoms with E-state index in [0.717, 1.165) is 31.8 Å². The van der Waals surface area contributed by atoms with Crippen LogP contribution in [-0.2, 0) is 18.3 Å². The third-order valence-electron chi connectivity index (χ3n) is 4.10. The van der Waals surface area contributed by atoms with Crippen LogP contribution in [0.25, 0.3) is 0 Å². The summed E-state index contributed by atoms with van der Waals surface area (Å²) >= 11 is 5.95. The normalized spacial score (nSPS) is 14.8. The molecule has 1 aromatic heterocycles. The van der Waals surface area contributed by atoms with Crippen molar-refractivity contribution in [2.24, 2.45) is 7.05 Å². The summed E-state index contributed by atoms with van der Waals surface area (Å²) in [5.41, 5.74) is 0.566. The number of aryl methyl sites for hydroxylation is 1. The first-order valence-electron chi connectivity index (χ1n) is 7.88.